The maximum absolute atomic E-state index is 11.7. The van der Waals surface area contributed by atoms with Gasteiger partial charge in [0.15, 0.2) is 0 Å². The molecule has 6 heteroatoms. The molecule has 1 aromatic rings. The van der Waals surface area contributed by atoms with Gasteiger partial charge in [0.25, 0.3) is 5.91 Å². The highest BCUT2D eigenvalue weighted by molar-refractivity contribution is 5.99. The summed E-state index contributed by atoms with van der Waals surface area (Å²) in [6, 6.07) is 1.91. The van der Waals surface area contributed by atoms with E-state index in [1.165, 1.54) is 0 Å². The molecule has 2 rings (SSSR count). The Morgan fingerprint density at radius 3 is 2.95 bits per heavy atom. The van der Waals surface area contributed by atoms with Gasteiger partial charge in [0.1, 0.15) is 5.82 Å². The first-order valence-electron chi connectivity index (χ1n) is 6.83. The molecule has 20 heavy (non-hydrogen) atoms. The number of nitrogens with zero attached hydrogens (tertiary/aromatic N) is 2. The number of nitrogens with two attached hydrogens (primary N) is 2. The van der Waals surface area contributed by atoms with Gasteiger partial charge in [-0.3, -0.25) is 4.79 Å². The van der Waals surface area contributed by atoms with Crippen LogP contribution in [0.25, 0.3) is 0 Å². The number of pyridine rings is 1. The summed E-state index contributed by atoms with van der Waals surface area (Å²) < 4.78 is 5.41. The number of anilines is 1. The summed E-state index contributed by atoms with van der Waals surface area (Å²) in [7, 11) is 1.72. The highest BCUT2D eigenvalue weighted by atomic mass is 16.5. The summed E-state index contributed by atoms with van der Waals surface area (Å²) >= 11 is 0. The van der Waals surface area contributed by atoms with E-state index >= 15 is 0 Å². The molecular formula is C14H22N4O2. The van der Waals surface area contributed by atoms with Crippen LogP contribution in [0.4, 0.5) is 5.82 Å². The van der Waals surface area contributed by atoms with Crippen LogP contribution < -0.4 is 16.4 Å². The lowest BCUT2D eigenvalue weighted by Gasteiger charge is -2.40. The summed E-state index contributed by atoms with van der Waals surface area (Å²) in [5.41, 5.74) is 12.7. The van der Waals surface area contributed by atoms with Gasteiger partial charge in [-0.1, -0.05) is 0 Å². The molecule has 1 aromatic heterocycles. The Hall–Kier alpha value is -1.66. The smallest absolute Gasteiger partial charge is 0.252 e. The largest absolute Gasteiger partial charge is 0.381 e. The van der Waals surface area contributed by atoms with Gasteiger partial charge in [0, 0.05) is 32.4 Å². The van der Waals surface area contributed by atoms with E-state index in [4.69, 9.17) is 16.2 Å². The van der Waals surface area contributed by atoms with Gasteiger partial charge in [0.2, 0.25) is 0 Å². The fraction of sp³-hybridized carbons (Fsp3) is 0.571. The lowest BCUT2D eigenvalue weighted by atomic mass is 9.98. The lowest BCUT2D eigenvalue weighted by Crippen LogP contribution is -2.49. The Morgan fingerprint density at radius 2 is 2.35 bits per heavy atom. The third-order valence-electron chi connectivity index (χ3n) is 3.93. The molecule has 110 valence electrons. The number of carbonyl (C=O) groups excluding carboxylic acids is 1. The average molecular weight is 278 g/mol. The number of rotatable bonds is 4. The molecule has 1 aliphatic rings. The van der Waals surface area contributed by atoms with Crippen molar-refractivity contribution in [1.29, 1.82) is 0 Å². The Morgan fingerprint density at radius 1 is 1.60 bits per heavy atom. The van der Waals surface area contributed by atoms with E-state index in [2.05, 4.69) is 9.88 Å². The third kappa shape index (κ3) is 2.76. The van der Waals surface area contributed by atoms with E-state index in [0.29, 0.717) is 17.9 Å². The van der Waals surface area contributed by atoms with E-state index in [9.17, 15) is 4.79 Å². The van der Waals surface area contributed by atoms with Gasteiger partial charge in [-0.15, -0.1) is 0 Å². The number of aryl methyl sites for hydroxylation is 1. The maximum Gasteiger partial charge on any atom is 0.252 e. The standard InChI is InChI=1S/C14H22N4O2/c1-9-3-5-17-14(12(9)13(16)19)18-6-4-11(20-2)7-10(18)8-15/h3,5,10-11H,4,6-8,15H2,1-2H3,(H2,16,19). The van der Waals surface area contributed by atoms with Crippen LogP contribution >= 0.6 is 0 Å². The van der Waals surface area contributed by atoms with Crippen molar-refractivity contribution in [2.45, 2.75) is 31.9 Å². The maximum atomic E-state index is 11.7. The van der Waals surface area contributed by atoms with Crippen LogP contribution in [0.15, 0.2) is 12.3 Å². The average Bonchev–Trinajstić information content (AvgIpc) is 2.45. The third-order valence-corrected chi connectivity index (χ3v) is 3.93. The van der Waals surface area contributed by atoms with Gasteiger partial charge in [-0.05, 0) is 31.4 Å². The fourth-order valence-corrected chi connectivity index (χ4v) is 2.80. The molecule has 4 N–H and O–H groups in total. The van der Waals surface area contributed by atoms with Crippen LogP contribution in [0.5, 0.6) is 0 Å². The SMILES string of the molecule is COC1CCN(c2nccc(C)c2C(N)=O)C(CN)C1. The second-order valence-corrected chi connectivity index (χ2v) is 5.16. The molecule has 0 spiro atoms. The van der Waals surface area contributed by atoms with E-state index in [0.717, 1.165) is 24.9 Å². The molecule has 0 aliphatic carbocycles. The van der Waals surface area contributed by atoms with Crippen molar-refractivity contribution in [2.75, 3.05) is 25.1 Å². The lowest BCUT2D eigenvalue weighted by molar-refractivity contribution is 0.0707. The molecule has 0 bridgehead atoms. The zero-order valence-electron chi connectivity index (χ0n) is 12.0. The molecule has 1 saturated heterocycles. The number of methoxy groups -OCH3 is 1. The number of carbonyl (C=O) groups is 1. The first-order valence-corrected chi connectivity index (χ1v) is 6.83. The second kappa shape index (κ2) is 6.19. The minimum atomic E-state index is -0.449. The Bertz CT molecular complexity index is 492. The van der Waals surface area contributed by atoms with Crippen LogP contribution in [-0.4, -0.2) is 43.2 Å². The summed E-state index contributed by atoms with van der Waals surface area (Å²) in [6.07, 6.45) is 3.64. The number of ether oxygens (including phenoxy) is 1. The zero-order chi connectivity index (χ0) is 14.7. The number of hydrogen-bond donors (Lipinski definition) is 2. The van der Waals surface area contributed by atoms with Crippen molar-refractivity contribution in [3.05, 3.63) is 23.4 Å². The topological polar surface area (TPSA) is 94.5 Å². The van der Waals surface area contributed by atoms with Crippen LogP contribution in [0.1, 0.15) is 28.8 Å². The predicted octanol–water partition coefficient (Wildman–Crippen LogP) is 0.431. The highest BCUT2D eigenvalue weighted by Crippen LogP contribution is 2.28. The van der Waals surface area contributed by atoms with E-state index in [-0.39, 0.29) is 12.1 Å². The second-order valence-electron chi connectivity index (χ2n) is 5.16. The van der Waals surface area contributed by atoms with Gasteiger partial charge >= 0.3 is 0 Å². The van der Waals surface area contributed by atoms with Crippen LogP contribution in [-0.2, 0) is 4.74 Å². The van der Waals surface area contributed by atoms with Crippen molar-refractivity contribution in [3.8, 4) is 0 Å². The van der Waals surface area contributed by atoms with E-state index in [1.807, 2.05) is 6.92 Å². The molecule has 0 saturated carbocycles. The monoisotopic (exact) mass is 278 g/mol. The molecule has 2 unspecified atom stereocenters. The molecule has 0 aromatic carbocycles. The molecule has 2 atom stereocenters. The van der Waals surface area contributed by atoms with Crippen LogP contribution in [0.2, 0.25) is 0 Å². The van der Waals surface area contributed by atoms with Crippen LogP contribution in [0, 0.1) is 6.92 Å². The fourth-order valence-electron chi connectivity index (χ4n) is 2.80. The minimum Gasteiger partial charge on any atom is -0.381 e. The number of amides is 1. The van der Waals surface area contributed by atoms with Gasteiger partial charge < -0.3 is 21.1 Å². The van der Waals surface area contributed by atoms with Crippen molar-refractivity contribution < 1.29 is 9.53 Å². The normalized spacial score (nSPS) is 22.9. The predicted molar refractivity (Wildman–Crippen MR) is 77.7 cm³/mol. The molecule has 1 fully saturated rings. The summed E-state index contributed by atoms with van der Waals surface area (Å²) in [5, 5.41) is 0. The molecule has 1 aliphatic heterocycles. The number of hydrogen-bond acceptors (Lipinski definition) is 5. The summed E-state index contributed by atoms with van der Waals surface area (Å²) in [6.45, 7) is 3.12. The zero-order valence-corrected chi connectivity index (χ0v) is 12.0. The van der Waals surface area contributed by atoms with E-state index < -0.39 is 5.91 Å². The highest BCUT2D eigenvalue weighted by Gasteiger charge is 2.30. The van der Waals surface area contributed by atoms with Crippen molar-refractivity contribution in [3.63, 3.8) is 0 Å². The van der Waals surface area contributed by atoms with Crippen molar-refractivity contribution in [1.82, 2.24) is 4.98 Å². The van der Waals surface area contributed by atoms with Gasteiger partial charge in [-0.25, -0.2) is 4.98 Å². The first-order chi connectivity index (χ1) is 9.58. The van der Waals surface area contributed by atoms with Gasteiger partial charge in [0.05, 0.1) is 11.7 Å². The summed E-state index contributed by atoms with van der Waals surface area (Å²) in [5.74, 6) is 0.192. The quantitative estimate of drug-likeness (QED) is 0.833. The summed E-state index contributed by atoms with van der Waals surface area (Å²) in [4.78, 5) is 18.1. The Labute approximate surface area is 119 Å². The molecule has 6 nitrogen and oxygen atoms in total. The Balaban J connectivity index is 2.35. The Kier molecular flexibility index (Phi) is 4.57. The van der Waals surface area contributed by atoms with Crippen molar-refractivity contribution in [2.24, 2.45) is 11.5 Å². The molecular weight excluding hydrogens is 256 g/mol. The van der Waals surface area contributed by atoms with Gasteiger partial charge in [-0.2, -0.15) is 0 Å². The first kappa shape index (κ1) is 14.7. The molecule has 2 heterocycles. The number of primary amides is 1. The minimum absolute atomic E-state index is 0.112. The molecule has 1 amide bonds. The van der Waals surface area contributed by atoms with Crippen molar-refractivity contribution >= 4 is 11.7 Å². The number of piperidine rings is 1. The van der Waals surface area contributed by atoms with E-state index in [1.54, 1.807) is 19.4 Å². The number of aromatic nitrogens is 1. The van der Waals surface area contributed by atoms with Crippen LogP contribution in [0.3, 0.4) is 0 Å². The molecule has 0 radical (unpaired) electrons.